The van der Waals surface area contributed by atoms with E-state index in [1.165, 1.54) is 38.5 Å². The van der Waals surface area contributed by atoms with E-state index in [0.717, 1.165) is 37.6 Å². The van der Waals surface area contributed by atoms with Crippen LogP contribution in [0, 0.1) is 0 Å². The first-order valence-corrected chi connectivity index (χ1v) is 10.7. The topological polar surface area (TPSA) is 70.4 Å². The van der Waals surface area contributed by atoms with Crippen LogP contribution in [0.2, 0.25) is 0 Å². The Bertz CT molecular complexity index is 665. The van der Waals surface area contributed by atoms with Gasteiger partial charge in [-0.1, -0.05) is 0 Å². The molecule has 0 atom stereocenters. The monoisotopic (exact) mass is 462 g/mol. The Hall–Kier alpha value is -1.55. The summed E-state index contributed by atoms with van der Waals surface area (Å²) in [4.78, 5) is 20.9. The van der Waals surface area contributed by atoms with Crippen molar-refractivity contribution in [2.45, 2.75) is 38.5 Å². The van der Waals surface area contributed by atoms with Crippen molar-refractivity contribution in [2.75, 3.05) is 36.0 Å². The van der Waals surface area contributed by atoms with E-state index in [4.69, 9.17) is 0 Å². The first kappa shape index (κ1) is 22.7. The smallest absolute Gasteiger partial charge is 0.115 e. The van der Waals surface area contributed by atoms with Gasteiger partial charge in [-0.3, -0.25) is 0 Å². The molecule has 0 unspecified atom stereocenters. The number of hydrogen-bond acceptors (Lipinski definition) is 8. The molecule has 0 N–H and O–H groups in total. The molecule has 149 valence electrons. The van der Waals surface area contributed by atoms with Gasteiger partial charge in [0.15, 0.2) is 4.73 Å². The van der Waals surface area contributed by atoms with Crippen LogP contribution >= 0.6 is 28.7 Å². The molecule has 2 aliphatic rings. The molecule has 10 heteroatoms. The number of aromatic nitrogens is 4. The Kier molecular flexibility index (Phi) is 11.0. The molecule has 0 bridgehead atoms. The van der Waals surface area contributed by atoms with E-state index in [1.54, 1.807) is 6.33 Å². The minimum absolute atomic E-state index is 0.660. The zero-order chi connectivity index (χ0) is 20.0. The van der Waals surface area contributed by atoms with Gasteiger partial charge in [0.2, 0.25) is 0 Å². The van der Waals surface area contributed by atoms with Crippen molar-refractivity contribution in [3.8, 4) is 0 Å². The average molecular weight is 463 g/mol. The molecular weight excluding hydrogens is 437 g/mol. The van der Waals surface area contributed by atoms with E-state index in [9.17, 15) is 0 Å². The predicted molar refractivity (Wildman–Crippen MR) is 121 cm³/mol. The fourth-order valence-corrected chi connectivity index (χ4v) is 3.43. The molecule has 0 aliphatic carbocycles. The van der Waals surface area contributed by atoms with Crippen LogP contribution in [-0.4, -0.2) is 53.8 Å². The van der Waals surface area contributed by atoms with E-state index < -0.39 is 0 Å². The third kappa shape index (κ3) is 8.22. The van der Waals surface area contributed by atoms with Gasteiger partial charge >= 0.3 is 24.8 Å². The maximum atomic E-state index is 4.34. The molecule has 7 nitrogen and oxygen atoms in total. The molecule has 0 amide bonds. The molecule has 0 spiro atoms. The second-order valence-corrected chi connectivity index (χ2v) is 7.46. The normalized spacial score (nSPS) is 16.2. The fraction of sp³-hybridized carbons (Fsp3) is 0.556. The summed E-state index contributed by atoms with van der Waals surface area (Å²) in [6.45, 7) is 4.61. The standard InChI is InChI=1S/C9H12BrN3.C9H13N3.BHNS/c10-9-11-6-8(7-12-9)13-4-2-1-3-5-13;1-2-4-12(5-3-1)9-6-10-8-11-7-9;1-2-3/h6-7H,1-5H2;6-8H,1-5H2;3H. The molecule has 0 saturated carbocycles. The number of nitrogens with zero attached hydrogens (tertiary/aromatic N) is 7. The predicted octanol–water partition coefficient (Wildman–Crippen LogP) is 3.88. The Balaban J connectivity index is 0.000000176. The van der Waals surface area contributed by atoms with Crippen LogP contribution in [-0.2, 0) is 0 Å². The van der Waals surface area contributed by atoms with Gasteiger partial charge in [-0.15, -0.1) is 0 Å². The third-order valence-electron chi connectivity index (χ3n) is 4.60. The van der Waals surface area contributed by atoms with Crippen LogP contribution in [0.25, 0.3) is 0 Å². The summed E-state index contributed by atoms with van der Waals surface area (Å²) >= 11 is 6.42. The first-order valence-electron chi connectivity index (χ1n) is 9.51. The molecule has 2 aromatic heterocycles. The number of halogens is 1. The van der Waals surface area contributed by atoms with E-state index in [0.29, 0.717) is 4.73 Å². The minimum atomic E-state index is 0.660. The van der Waals surface area contributed by atoms with Gasteiger partial charge in [0, 0.05) is 26.2 Å². The van der Waals surface area contributed by atoms with E-state index in [-0.39, 0.29) is 0 Å². The number of hydrogen-bond donors (Lipinski definition) is 1. The molecule has 1 radical (unpaired) electrons. The van der Waals surface area contributed by atoms with Crippen LogP contribution in [0.15, 0.2) is 40.1 Å². The molecule has 4 rings (SSSR count). The van der Waals surface area contributed by atoms with E-state index in [1.807, 2.05) is 24.8 Å². The summed E-state index contributed by atoms with van der Waals surface area (Å²) in [6, 6.07) is 0. The molecule has 0 aromatic carbocycles. The Morgan fingerprint density at radius 3 is 1.61 bits per heavy atom. The van der Waals surface area contributed by atoms with Crippen molar-refractivity contribution in [1.29, 1.82) is 0 Å². The number of rotatable bonds is 2. The fourth-order valence-electron chi connectivity index (χ4n) is 3.23. The van der Waals surface area contributed by atoms with Gasteiger partial charge in [-0.25, -0.2) is 19.9 Å². The molecule has 2 aromatic rings. The molecular formula is C18H26BBrN7S. The molecule has 4 heterocycles. The molecule has 28 heavy (non-hydrogen) atoms. The summed E-state index contributed by atoms with van der Waals surface area (Å²) in [5.74, 6) is 0. The summed E-state index contributed by atoms with van der Waals surface area (Å²) in [5, 5.41) is 0. The third-order valence-corrected chi connectivity index (χ3v) is 5.01. The van der Waals surface area contributed by atoms with Crippen LogP contribution in [0.1, 0.15) is 38.5 Å². The van der Waals surface area contributed by atoms with Gasteiger partial charge in [-0.05, 0) is 54.5 Å². The van der Waals surface area contributed by atoms with Crippen molar-refractivity contribution in [2.24, 2.45) is 4.30 Å². The Morgan fingerprint density at radius 2 is 1.18 bits per heavy atom. The first-order chi connectivity index (χ1) is 13.7. The number of thiol groups is 1. The van der Waals surface area contributed by atoms with Crippen LogP contribution in [0.3, 0.4) is 0 Å². The summed E-state index contributed by atoms with van der Waals surface area (Å²) < 4.78 is 3.35. The summed E-state index contributed by atoms with van der Waals surface area (Å²) in [6.07, 6.45) is 17.0. The van der Waals surface area contributed by atoms with Crippen LogP contribution < -0.4 is 9.80 Å². The Labute approximate surface area is 182 Å². The van der Waals surface area contributed by atoms with Gasteiger partial charge < -0.3 is 9.80 Å². The second kappa shape index (κ2) is 13.6. The van der Waals surface area contributed by atoms with Gasteiger partial charge in [0.05, 0.1) is 36.2 Å². The maximum absolute atomic E-state index is 4.34. The zero-order valence-corrected chi connectivity index (χ0v) is 18.5. The summed E-state index contributed by atoms with van der Waals surface area (Å²) in [7, 11) is 4.34. The molecule has 2 saturated heterocycles. The van der Waals surface area contributed by atoms with Gasteiger partial charge in [-0.2, -0.15) is 0 Å². The van der Waals surface area contributed by atoms with Crippen LogP contribution in [0.4, 0.5) is 11.4 Å². The van der Waals surface area contributed by atoms with Crippen molar-refractivity contribution in [3.63, 3.8) is 0 Å². The average Bonchev–Trinajstić information content (AvgIpc) is 2.77. The largest absolute Gasteiger partial charge is 0.369 e. The maximum Gasteiger partial charge on any atom is 0.115 e. The minimum Gasteiger partial charge on any atom is -0.369 e. The molecule has 2 fully saturated rings. The van der Waals surface area contributed by atoms with Crippen molar-refractivity contribution in [3.05, 3.63) is 35.8 Å². The molecule has 2 aliphatic heterocycles. The van der Waals surface area contributed by atoms with Crippen molar-refractivity contribution < 1.29 is 0 Å². The van der Waals surface area contributed by atoms with E-state index in [2.05, 4.69) is 70.4 Å². The quantitative estimate of drug-likeness (QED) is 0.414. The van der Waals surface area contributed by atoms with Crippen molar-refractivity contribution in [1.82, 2.24) is 19.9 Å². The SMILES string of the molecule is Brc1ncc(N2CCCCC2)cn1.[B]=NS.c1ncc(N2CCCCC2)cn1. The van der Waals surface area contributed by atoms with Crippen molar-refractivity contribution >= 4 is 47.8 Å². The summed E-state index contributed by atoms with van der Waals surface area (Å²) in [5.41, 5.74) is 2.31. The van der Waals surface area contributed by atoms with Gasteiger partial charge in [0.25, 0.3) is 0 Å². The second-order valence-electron chi connectivity index (χ2n) is 6.52. The Morgan fingerprint density at radius 1 is 0.786 bits per heavy atom. The van der Waals surface area contributed by atoms with E-state index >= 15 is 0 Å². The number of piperidine rings is 2. The zero-order valence-electron chi connectivity index (χ0n) is 16.0. The van der Waals surface area contributed by atoms with Crippen LogP contribution in [0.5, 0.6) is 0 Å². The number of anilines is 2. The van der Waals surface area contributed by atoms with Gasteiger partial charge in [0.1, 0.15) is 6.33 Å².